The van der Waals surface area contributed by atoms with Gasteiger partial charge in [0.1, 0.15) is 11.7 Å². The molecular weight excluding hydrogens is 312 g/mol. The number of likely N-dealkylation sites (tertiary alicyclic amines) is 1. The van der Waals surface area contributed by atoms with Gasteiger partial charge in [-0.25, -0.2) is 9.78 Å². The van der Waals surface area contributed by atoms with Gasteiger partial charge in [0, 0.05) is 17.2 Å². The normalized spacial score (nSPS) is 18.4. The summed E-state index contributed by atoms with van der Waals surface area (Å²) in [5.41, 5.74) is 0.332. The third kappa shape index (κ3) is 2.94. The molecule has 1 unspecified atom stereocenters. The van der Waals surface area contributed by atoms with Crippen LogP contribution < -0.4 is 0 Å². The number of rotatable bonds is 3. The Hall–Kier alpha value is -1.43. The lowest BCUT2D eigenvalue weighted by molar-refractivity contribution is -0.147. The Labute approximate surface area is 120 Å². The monoisotopic (exact) mass is 326 g/mol. The van der Waals surface area contributed by atoms with Crippen LogP contribution in [0.4, 0.5) is 0 Å². The van der Waals surface area contributed by atoms with E-state index in [2.05, 4.69) is 20.9 Å². The van der Waals surface area contributed by atoms with Gasteiger partial charge in [0.15, 0.2) is 0 Å². The van der Waals surface area contributed by atoms with Crippen molar-refractivity contribution in [2.24, 2.45) is 0 Å². The average molecular weight is 327 g/mol. The topological polar surface area (TPSA) is 59.5 Å². The van der Waals surface area contributed by atoms with Crippen LogP contribution in [-0.2, 0) is 9.53 Å². The molecule has 0 bridgehead atoms. The summed E-state index contributed by atoms with van der Waals surface area (Å²) >= 11 is 3.31. The Bertz CT molecular complexity index is 493. The summed E-state index contributed by atoms with van der Waals surface area (Å²) in [6, 6.07) is 3.02. The summed E-state index contributed by atoms with van der Waals surface area (Å²) in [6.07, 6.45) is 3.02. The molecule has 6 heteroatoms. The van der Waals surface area contributed by atoms with E-state index in [0.29, 0.717) is 29.7 Å². The summed E-state index contributed by atoms with van der Waals surface area (Å²) in [5, 5.41) is 0. The molecule has 0 aromatic carbocycles. The van der Waals surface area contributed by atoms with E-state index in [1.54, 1.807) is 30.2 Å². The highest BCUT2D eigenvalue weighted by Crippen LogP contribution is 2.23. The molecule has 1 aromatic heterocycles. The molecular formula is C13H15BrN2O3. The van der Waals surface area contributed by atoms with Crippen molar-refractivity contribution in [2.45, 2.75) is 25.8 Å². The number of halogens is 1. The molecule has 2 rings (SSSR count). The molecule has 0 aliphatic carbocycles. The smallest absolute Gasteiger partial charge is 0.328 e. The third-order valence-corrected chi connectivity index (χ3v) is 3.67. The number of carbonyl (C=O) groups excluding carboxylic acids is 2. The maximum Gasteiger partial charge on any atom is 0.328 e. The SMILES string of the molecule is CCOC(=O)C1CCCN1C(=O)c1ncccc1Br. The molecule has 102 valence electrons. The Balaban J connectivity index is 2.19. The van der Waals surface area contributed by atoms with Gasteiger partial charge in [-0.2, -0.15) is 0 Å². The first kappa shape index (κ1) is 14.0. The van der Waals surface area contributed by atoms with Crippen LogP contribution in [0.1, 0.15) is 30.3 Å². The fourth-order valence-corrected chi connectivity index (χ4v) is 2.60. The van der Waals surface area contributed by atoms with Crippen LogP contribution in [0.3, 0.4) is 0 Å². The second kappa shape index (κ2) is 6.14. The molecule has 0 N–H and O–H groups in total. The maximum absolute atomic E-state index is 12.4. The van der Waals surface area contributed by atoms with E-state index in [-0.39, 0.29) is 11.9 Å². The van der Waals surface area contributed by atoms with Gasteiger partial charge in [-0.3, -0.25) is 4.79 Å². The molecule has 1 aromatic rings. The van der Waals surface area contributed by atoms with Gasteiger partial charge in [-0.15, -0.1) is 0 Å². The van der Waals surface area contributed by atoms with Crippen molar-refractivity contribution in [3.8, 4) is 0 Å². The number of amides is 1. The molecule has 0 saturated carbocycles. The van der Waals surface area contributed by atoms with E-state index in [0.717, 1.165) is 6.42 Å². The zero-order chi connectivity index (χ0) is 13.8. The molecule has 1 fully saturated rings. The van der Waals surface area contributed by atoms with Crippen molar-refractivity contribution in [1.29, 1.82) is 0 Å². The number of esters is 1. The first-order chi connectivity index (χ1) is 9.15. The number of nitrogens with zero attached hydrogens (tertiary/aromatic N) is 2. The van der Waals surface area contributed by atoms with E-state index in [4.69, 9.17) is 4.74 Å². The average Bonchev–Trinajstić information content (AvgIpc) is 2.88. The highest BCUT2D eigenvalue weighted by atomic mass is 79.9. The molecule has 1 atom stereocenters. The van der Waals surface area contributed by atoms with Gasteiger partial charge in [-0.1, -0.05) is 0 Å². The van der Waals surface area contributed by atoms with Crippen LogP contribution in [0, 0.1) is 0 Å². The van der Waals surface area contributed by atoms with Gasteiger partial charge in [0.2, 0.25) is 0 Å². The zero-order valence-electron chi connectivity index (χ0n) is 10.6. The lowest BCUT2D eigenvalue weighted by Gasteiger charge is -2.23. The molecule has 1 aliphatic heterocycles. The fourth-order valence-electron chi connectivity index (χ4n) is 2.17. The number of carbonyl (C=O) groups is 2. The second-order valence-electron chi connectivity index (χ2n) is 4.24. The van der Waals surface area contributed by atoms with E-state index in [1.807, 2.05) is 0 Å². The van der Waals surface area contributed by atoms with Gasteiger partial charge in [-0.05, 0) is 47.8 Å². The predicted octanol–water partition coefficient (Wildman–Crippen LogP) is 2.01. The lowest BCUT2D eigenvalue weighted by atomic mass is 10.2. The van der Waals surface area contributed by atoms with Crippen LogP contribution >= 0.6 is 15.9 Å². The summed E-state index contributed by atoms with van der Waals surface area (Å²) < 4.78 is 5.64. The minimum absolute atomic E-state index is 0.233. The van der Waals surface area contributed by atoms with Gasteiger partial charge < -0.3 is 9.64 Å². The molecule has 19 heavy (non-hydrogen) atoms. The first-order valence-corrected chi connectivity index (χ1v) is 7.02. The fraction of sp³-hybridized carbons (Fsp3) is 0.462. The van der Waals surface area contributed by atoms with Gasteiger partial charge >= 0.3 is 5.97 Å². The highest BCUT2D eigenvalue weighted by molar-refractivity contribution is 9.10. The minimum Gasteiger partial charge on any atom is -0.464 e. The molecule has 1 aliphatic rings. The van der Waals surface area contributed by atoms with Crippen molar-refractivity contribution in [3.63, 3.8) is 0 Å². The number of ether oxygens (including phenoxy) is 1. The van der Waals surface area contributed by atoms with Crippen LogP contribution in [0.2, 0.25) is 0 Å². The van der Waals surface area contributed by atoms with Crippen molar-refractivity contribution in [1.82, 2.24) is 9.88 Å². The van der Waals surface area contributed by atoms with Crippen molar-refractivity contribution in [3.05, 3.63) is 28.5 Å². The zero-order valence-corrected chi connectivity index (χ0v) is 12.2. The summed E-state index contributed by atoms with van der Waals surface area (Å²) in [6.45, 7) is 2.64. The number of pyridine rings is 1. The van der Waals surface area contributed by atoms with Crippen LogP contribution in [-0.4, -0.2) is 41.0 Å². The van der Waals surface area contributed by atoms with E-state index < -0.39 is 6.04 Å². The van der Waals surface area contributed by atoms with E-state index >= 15 is 0 Å². The summed E-state index contributed by atoms with van der Waals surface area (Å²) in [7, 11) is 0. The van der Waals surface area contributed by atoms with Crippen LogP contribution in [0.25, 0.3) is 0 Å². The molecule has 2 heterocycles. The van der Waals surface area contributed by atoms with Gasteiger partial charge in [0.05, 0.1) is 6.61 Å². The molecule has 0 spiro atoms. The standard InChI is InChI=1S/C13H15BrN2O3/c1-2-19-13(18)10-6-4-8-16(10)12(17)11-9(14)5-3-7-15-11/h3,5,7,10H,2,4,6,8H2,1H3. The highest BCUT2D eigenvalue weighted by Gasteiger charge is 2.36. The Morgan fingerprint density at radius 2 is 2.37 bits per heavy atom. The number of aromatic nitrogens is 1. The quantitative estimate of drug-likeness (QED) is 0.797. The Morgan fingerprint density at radius 3 is 3.05 bits per heavy atom. The van der Waals surface area contributed by atoms with Crippen LogP contribution in [0.15, 0.2) is 22.8 Å². The van der Waals surface area contributed by atoms with Gasteiger partial charge in [0.25, 0.3) is 5.91 Å². The van der Waals surface area contributed by atoms with E-state index in [1.165, 1.54) is 0 Å². The molecule has 1 amide bonds. The summed E-state index contributed by atoms with van der Waals surface area (Å²) in [4.78, 5) is 29.9. The van der Waals surface area contributed by atoms with E-state index in [9.17, 15) is 9.59 Å². The van der Waals surface area contributed by atoms with Crippen molar-refractivity contribution < 1.29 is 14.3 Å². The third-order valence-electron chi connectivity index (χ3n) is 3.03. The Kier molecular flexibility index (Phi) is 4.52. The minimum atomic E-state index is -0.485. The predicted molar refractivity (Wildman–Crippen MR) is 72.6 cm³/mol. The second-order valence-corrected chi connectivity index (χ2v) is 5.10. The van der Waals surface area contributed by atoms with Crippen LogP contribution in [0.5, 0.6) is 0 Å². The lowest BCUT2D eigenvalue weighted by Crippen LogP contribution is -2.41. The summed E-state index contributed by atoms with van der Waals surface area (Å²) in [5.74, 6) is -0.566. The number of hydrogen-bond acceptors (Lipinski definition) is 4. The molecule has 1 saturated heterocycles. The number of hydrogen-bond donors (Lipinski definition) is 0. The largest absolute Gasteiger partial charge is 0.464 e. The van der Waals surface area contributed by atoms with Crippen molar-refractivity contribution in [2.75, 3.05) is 13.2 Å². The molecule has 0 radical (unpaired) electrons. The molecule has 5 nitrogen and oxygen atoms in total. The van der Waals surface area contributed by atoms with Crippen molar-refractivity contribution >= 4 is 27.8 Å². The first-order valence-electron chi connectivity index (χ1n) is 6.23. The maximum atomic E-state index is 12.4. The Morgan fingerprint density at radius 1 is 1.58 bits per heavy atom.